The predicted octanol–water partition coefficient (Wildman–Crippen LogP) is 2.61. The van der Waals surface area contributed by atoms with Crippen LogP contribution in [0.1, 0.15) is 19.8 Å². The Bertz CT molecular complexity index is 592. The van der Waals surface area contributed by atoms with Crippen molar-refractivity contribution in [2.75, 3.05) is 5.32 Å². The van der Waals surface area contributed by atoms with E-state index in [0.29, 0.717) is 5.15 Å². The van der Waals surface area contributed by atoms with E-state index in [4.69, 9.17) is 11.6 Å². The Morgan fingerprint density at radius 3 is 2.61 bits per heavy atom. The summed E-state index contributed by atoms with van der Waals surface area (Å²) in [5, 5.41) is 23.3. The van der Waals surface area contributed by atoms with Crippen LogP contribution >= 0.6 is 11.6 Å². The Labute approximate surface area is 110 Å². The van der Waals surface area contributed by atoms with Crippen LogP contribution < -0.4 is 5.32 Å². The molecule has 0 spiro atoms. The zero-order valence-corrected chi connectivity index (χ0v) is 10.8. The van der Waals surface area contributed by atoms with Crippen LogP contribution in [0.15, 0.2) is 24.3 Å². The highest BCUT2D eigenvalue weighted by Crippen LogP contribution is 2.35. The molecule has 94 valence electrons. The lowest BCUT2D eigenvalue weighted by atomic mass is 9.77. The minimum absolute atomic E-state index is 0.249. The van der Waals surface area contributed by atoms with Gasteiger partial charge in [0.15, 0.2) is 11.0 Å². The Hall–Kier alpha value is -1.39. The number of halogens is 1. The molecule has 0 amide bonds. The van der Waals surface area contributed by atoms with Crippen molar-refractivity contribution in [1.82, 2.24) is 10.2 Å². The monoisotopic (exact) mass is 263 g/mol. The molecule has 0 unspecified atom stereocenters. The Balaban J connectivity index is 1.91. The predicted molar refractivity (Wildman–Crippen MR) is 71.8 cm³/mol. The number of aromatic nitrogens is 2. The molecule has 0 aliphatic heterocycles. The highest BCUT2D eigenvalue weighted by molar-refractivity contribution is 6.34. The Morgan fingerprint density at radius 2 is 1.94 bits per heavy atom. The Morgan fingerprint density at radius 1 is 1.28 bits per heavy atom. The zero-order chi connectivity index (χ0) is 12.8. The van der Waals surface area contributed by atoms with Crippen molar-refractivity contribution in [3.8, 4) is 0 Å². The lowest BCUT2D eigenvalue weighted by Crippen LogP contribution is -2.48. The van der Waals surface area contributed by atoms with Crippen LogP contribution in [0.4, 0.5) is 5.82 Å². The first-order chi connectivity index (χ1) is 8.55. The molecular weight excluding hydrogens is 250 g/mol. The second-order valence-electron chi connectivity index (χ2n) is 5.13. The number of benzene rings is 1. The van der Waals surface area contributed by atoms with Gasteiger partial charge < -0.3 is 10.4 Å². The van der Waals surface area contributed by atoms with Crippen molar-refractivity contribution in [2.24, 2.45) is 0 Å². The summed E-state index contributed by atoms with van der Waals surface area (Å²) >= 11 is 6.02. The molecule has 4 nitrogen and oxygen atoms in total. The van der Waals surface area contributed by atoms with Crippen LogP contribution in [-0.2, 0) is 0 Å². The lowest BCUT2D eigenvalue weighted by molar-refractivity contribution is -0.0235. The van der Waals surface area contributed by atoms with E-state index in [2.05, 4.69) is 15.5 Å². The third kappa shape index (κ3) is 2.02. The summed E-state index contributed by atoms with van der Waals surface area (Å²) in [5.41, 5.74) is -0.548. The molecule has 1 heterocycles. The molecule has 1 aliphatic carbocycles. The summed E-state index contributed by atoms with van der Waals surface area (Å²) in [7, 11) is 0. The van der Waals surface area contributed by atoms with Crippen molar-refractivity contribution < 1.29 is 5.11 Å². The highest BCUT2D eigenvalue weighted by atomic mass is 35.5. The maximum absolute atomic E-state index is 9.72. The van der Waals surface area contributed by atoms with Gasteiger partial charge in [0.05, 0.1) is 5.60 Å². The van der Waals surface area contributed by atoms with Gasteiger partial charge >= 0.3 is 0 Å². The molecule has 5 heteroatoms. The largest absolute Gasteiger partial charge is 0.390 e. The van der Waals surface area contributed by atoms with Gasteiger partial charge in [-0.2, -0.15) is 0 Å². The van der Waals surface area contributed by atoms with E-state index in [1.54, 1.807) is 0 Å². The fraction of sp³-hybridized carbons (Fsp3) is 0.385. The van der Waals surface area contributed by atoms with Gasteiger partial charge in [0.1, 0.15) is 0 Å². The van der Waals surface area contributed by atoms with Crippen LogP contribution in [0.25, 0.3) is 10.8 Å². The molecule has 3 rings (SSSR count). The minimum Gasteiger partial charge on any atom is -0.390 e. The molecule has 0 bridgehead atoms. The quantitative estimate of drug-likeness (QED) is 0.874. The van der Waals surface area contributed by atoms with Crippen molar-refractivity contribution in [1.29, 1.82) is 0 Å². The fourth-order valence-corrected chi connectivity index (χ4v) is 2.68. The van der Waals surface area contributed by atoms with Crippen LogP contribution in [0.5, 0.6) is 0 Å². The average molecular weight is 264 g/mol. The van der Waals surface area contributed by atoms with Crippen LogP contribution in [0.3, 0.4) is 0 Å². The summed E-state index contributed by atoms with van der Waals surface area (Å²) in [5.74, 6) is 0.732. The van der Waals surface area contributed by atoms with Crippen molar-refractivity contribution in [2.45, 2.75) is 31.4 Å². The van der Waals surface area contributed by atoms with Gasteiger partial charge in [0.25, 0.3) is 0 Å². The third-order valence-electron chi connectivity index (χ3n) is 3.36. The molecule has 18 heavy (non-hydrogen) atoms. The molecule has 1 fully saturated rings. The Kier molecular flexibility index (Phi) is 2.64. The smallest absolute Gasteiger partial charge is 0.159 e. The van der Waals surface area contributed by atoms with E-state index in [-0.39, 0.29) is 6.04 Å². The van der Waals surface area contributed by atoms with E-state index in [0.717, 1.165) is 29.4 Å². The first-order valence-corrected chi connectivity index (χ1v) is 6.33. The molecule has 0 atom stereocenters. The van der Waals surface area contributed by atoms with Crippen molar-refractivity contribution in [3.63, 3.8) is 0 Å². The first-order valence-electron chi connectivity index (χ1n) is 5.95. The molecule has 2 aromatic rings. The van der Waals surface area contributed by atoms with Gasteiger partial charge in [0.2, 0.25) is 0 Å². The molecule has 1 aliphatic rings. The topological polar surface area (TPSA) is 58.0 Å². The number of rotatable bonds is 2. The number of hydrogen-bond acceptors (Lipinski definition) is 4. The van der Waals surface area contributed by atoms with Crippen LogP contribution in [-0.4, -0.2) is 26.9 Å². The maximum atomic E-state index is 9.72. The third-order valence-corrected chi connectivity index (χ3v) is 3.63. The molecule has 1 aromatic heterocycles. The zero-order valence-electron chi connectivity index (χ0n) is 10.0. The average Bonchev–Trinajstić information content (AvgIpc) is 2.31. The molecular formula is C13H14ClN3O. The van der Waals surface area contributed by atoms with Gasteiger partial charge in [-0.25, -0.2) is 0 Å². The second-order valence-corrected chi connectivity index (χ2v) is 5.49. The minimum atomic E-state index is -0.548. The number of aliphatic hydroxyl groups is 1. The molecule has 0 radical (unpaired) electrons. The number of fused-ring (bicyclic) bond motifs is 1. The van der Waals surface area contributed by atoms with Crippen LogP contribution in [0.2, 0.25) is 5.15 Å². The van der Waals surface area contributed by atoms with Gasteiger partial charge in [-0.05, 0) is 19.8 Å². The summed E-state index contributed by atoms with van der Waals surface area (Å²) in [6.07, 6.45) is 1.46. The van der Waals surface area contributed by atoms with Crippen molar-refractivity contribution in [3.05, 3.63) is 29.4 Å². The van der Waals surface area contributed by atoms with Crippen LogP contribution in [0, 0.1) is 0 Å². The molecule has 1 aromatic carbocycles. The molecule has 0 saturated heterocycles. The number of anilines is 1. The number of nitrogens with zero attached hydrogens (tertiary/aromatic N) is 2. The van der Waals surface area contributed by atoms with Gasteiger partial charge in [-0.15, -0.1) is 10.2 Å². The molecule has 2 N–H and O–H groups in total. The SMILES string of the molecule is C[C@]1(O)C[C@@H](Nc2nnc(Cl)c3ccccc23)C1. The highest BCUT2D eigenvalue weighted by Gasteiger charge is 2.38. The van der Waals surface area contributed by atoms with Gasteiger partial charge in [0, 0.05) is 16.8 Å². The van der Waals surface area contributed by atoms with E-state index >= 15 is 0 Å². The summed E-state index contributed by atoms with van der Waals surface area (Å²) in [4.78, 5) is 0. The first kappa shape index (κ1) is 11.7. The number of nitrogens with one attached hydrogen (secondary N) is 1. The van der Waals surface area contributed by atoms with Gasteiger partial charge in [-0.1, -0.05) is 35.9 Å². The normalized spacial score (nSPS) is 26.9. The van der Waals surface area contributed by atoms with E-state index in [1.807, 2.05) is 31.2 Å². The molecule has 1 saturated carbocycles. The van der Waals surface area contributed by atoms with E-state index < -0.39 is 5.60 Å². The van der Waals surface area contributed by atoms with Crippen molar-refractivity contribution >= 4 is 28.2 Å². The van der Waals surface area contributed by atoms with Gasteiger partial charge in [-0.3, -0.25) is 0 Å². The van der Waals surface area contributed by atoms with E-state index in [9.17, 15) is 5.11 Å². The second kappa shape index (κ2) is 4.07. The summed E-state index contributed by atoms with van der Waals surface area (Å²) < 4.78 is 0. The van der Waals surface area contributed by atoms with E-state index in [1.165, 1.54) is 0 Å². The number of hydrogen-bond donors (Lipinski definition) is 2. The fourth-order valence-electron chi connectivity index (χ4n) is 2.48. The standard InChI is InChI=1S/C13H14ClN3O/c1-13(18)6-8(7-13)15-12-10-5-3-2-4-9(10)11(14)16-17-12/h2-5,8,18H,6-7H2,1H3,(H,15,17)/t8-,13+. The lowest BCUT2D eigenvalue weighted by Gasteiger charge is -2.41. The maximum Gasteiger partial charge on any atom is 0.159 e. The summed E-state index contributed by atoms with van der Waals surface area (Å²) in [6, 6.07) is 8.01. The summed E-state index contributed by atoms with van der Waals surface area (Å²) in [6.45, 7) is 1.84.